The van der Waals surface area contributed by atoms with Gasteiger partial charge in [0.05, 0.1) is 0 Å². The predicted molar refractivity (Wildman–Crippen MR) is 90.4 cm³/mol. The smallest absolute Gasteiger partial charge is 0.222 e. The van der Waals surface area contributed by atoms with Gasteiger partial charge in [-0.3, -0.25) is 9.59 Å². The van der Waals surface area contributed by atoms with Gasteiger partial charge in [-0.05, 0) is 23.8 Å². The summed E-state index contributed by atoms with van der Waals surface area (Å²) in [5.74, 6) is -1.17. The number of rotatable bonds is 7. The van der Waals surface area contributed by atoms with Gasteiger partial charge in [0.2, 0.25) is 11.8 Å². The molecule has 1 N–H and O–H groups in total. The van der Waals surface area contributed by atoms with Crippen molar-refractivity contribution < 1.29 is 18.4 Å². The lowest BCUT2D eigenvalue weighted by molar-refractivity contribution is -0.130. The summed E-state index contributed by atoms with van der Waals surface area (Å²) >= 11 is 0. The molecule has 4 nitrogen and oxygen atoms in total. The first-order valence-corrected chi connectivity index (χ1v) is 7.96. The number of hydrogen-bond donors (Lipinski definition) is 1. The van der Waals surface area contributed by atoms with E-state index in [-0.39, 0.29) is 49.5 Å². The summed E-state index contributed by atoms with van der Waals surface area (Å²) in [6.07, 6.45) is 0.106. The third kappa shape index (κ3) is 5.99. The van der Waals surface area contributed by atoms with Gasteiger partial charge in [0.15, 0.2) is 0 Å². The average molecular weight is 346 g/mol. The Morgan fingerprint density at radius 3 is 2.36 bits per heavy atom. The van der Waals surface area contributed by atoms with Crippen LogP contribution in [-0.2, 0) is 22.7 Å². The van der Waals surface area contributed by atoms with Gasteiger partial charge in [-0.25, -0.2) is 8.78 Å². The van der Waals surface area contributed by atoms with Crippen molar-refractivity contribution in [3.8, 4) is 0 Å². The maximum absolute atomic E-state index is 13.7. The predicted octanol–water partition coefficient (Wildman–Crippen LogP) is 3.02. The summed E-state index contributed by atoms with van der Waals surface area (Å²) in [4.78, 5) is 25.1. The second-order valence-corrected chi connectivity index (χ2v) is 5.69. The fourth-order valence-corrected chi connectivity index (χ4v) is 2.31. The molecule has 0 aliphatic carbocycles. The molecule has 2 amide bonds. The van der Waals surface area contributed by atoms with Crippen LogP contribution < -0.4 is 5.32 Å². The lowest BCUT2D eigenvalue weighted by atomic mass is 10.2. The molecule has 6 heteroatoms. The average Bonchev–Trinajstić information content (AvgIpc) is 2.59. The van der Waals surface area contributed by atoms with Crippen LogP contribution in [-0.4, -0.2) is 23.3 Å². The largest absolute Gasteiger partial charge is 0.352 e. The number of amides is 2. The highest BCUT2D eigenvalue weighted by molar-refractivity contribution is 5.78. The van der Waals surface area contributed by atoms with E-state index in [0.717, 1.165) is 5.56 Å². The first-order chi connectivity index (χ1) is 12.0. The fraction of sp³-hybridized carbons (Fsp3) is 0.263. The SMILES string of the molecule is CC(=O)N(CCC(=O)NCc1ccc(F)cc1)Cc1ccccc1F. The van der Waals surface area contributed by atoms with Gasteiger partial charge in [-0.1, -0.05) is 30.3 Å². The molecule has 0 unspecified atom stereocenters. The number of halogens is 2. The molecule has 2 aromatic carbocycles. The fourth-order valence-electron chi connectivity index (χ4n) is 2.31. The standard InChI is InChI=1S/C19H20F2N2O2/c1-14(24)23(13-16-4-2-3-5-18(16)21)11-10-19(25)22-12-15-6-8-17(20)9-7-15/h2-9H,10-13H2,1H3,(H,22,25). The van der Waals surface area contributed by atoms with Crippen LogP contribution in [0.3, 0.4) is 0 Å². The van der Waals surface area contributed by atoms with Gasteiger partial charge >= 0.3 is 0 Å². The van der Waals surface area contributed by atoms with Crippen LogP contribution in [0.5, 0.6) is 0 Å². The van der Waals surface area contributed by atoms with E-state index < -0.39 is 0 Å². The van der Waals surface area contributed by atoms with Gasteiger partial charge < -0.3 is 10.2 Å². The van der Waals surface area contributed by atoms with Gasteiger partial charge in [0.1, 0.15) is 11.6 Å². The van der Waals surface area contributed by atoms with Crippen molar-refractivity contribution in [1.29, 1.82) is 0 Å². The highest BCUT2D eigenvalue weighted by Gasteiger charge is 2.13. The molecule has 25 heavy (non-hydrogen) atoms. The molecule has 0 atom stereocenters. The molecule has 0 heterocycles. The maximum atomic E-state index is 13.7. The van der Waals surface area contributed by atoms with Crippen molar-refractivity contribution in [2.24, 2.45) is 0 Å². The zero-order valence-electron chi connectivity index (χ0n) is 14.0. The van der Waals surface area contributed by atoms with E-state index in [1.165, 1.54) is 30.0 Å². The minimum Gasteiger partial charge on any atom is -0.352 e. The zero-order chi connectivity index (χ0) is 18.2. The molecular weight excluding hydrogens is 326 g/mol. The highest BCUT2D eigenvalue weighted by atomic mass is 19.1. The van der Waals surface area contributed by atoms with Crippen LogP contribution in [0.4, 0.5) is 8.78 Å². The minimum atomic E-state index is -0.380. The molecule has 2 aromatic rings. The topological polar surface area (TPSA) is 49.4 Å². The van der Waals surface area contributed by atoms with E-state index in [1.54, 1.807) is 30.3 Å². The Balaban J connectivity index is 1.83. The van der Waals surface area contributed by atoms with E-state index >= 15 is 0 Å². The van der Waals surface area contributed by atoms with Crippen LogP contribution in [0.25, 0.3) is 0 Å². The molecule has 0 radical (unpaired) electrons. The lowest BCUT2D eigenvalue weighted by Crippen LogP contribution is -2.33. The van der Waals surface area contributed by atoms with E-state index in [1.807, 2.05) is 0 Å². The summed E-state index contributed by atoms with van der Waals surface area (Å²) < 4.78 is 26.5. The first-order valence-electron chi connectivity index (χ1n) is 7.96. The molecule has 0 fully saturated rings. The third-order valence-corrected chi connectivity index (χ3v) is 3.78. The quantitative estimate of drug-likeness (QED) is 0.838. The number of nitrogens with zero attached hydrogens (tertiary/aromatic N) is 1. The zero-order valence-corrected chi connectivity index (χ0v) is 14.0. The summed E-state index contributed by atoms with van der Waals surface area (Å²) in [5, 5.41) is 2.71. The van der Waals surface area contributed by atoms with E-state index in [2.05, 4.69) is 5.32 Å². The van der Waals surface area contributed by atoms with Crippen molar-refractivity contribution in [2.45, 2.75) is 26.4 Å². The molecule has 0 saturated heterocycles. The molecule has 0 aliphatic rings. The second kappa shape index (κ2) is 8.92. The summed E-state index contributed by atoms with van der Waals surface area (Å²) in [6.45, 7) is 1.98. The number of carbonyl (C=O) groups is 2. The van der Waals surface area contributed by atoms with E-state index in [0.29, 0.717) is 5.56 Å². The van der Waals surface area contributed by atoms with Crippen LogP contribution in [0, 0.1) is 11.6 Å². The second-order valence-electron chi connectivity index (χ2n) is 5.69. The molecule has 0 bridgehead atoms. The Labute approximate surface area is 145 Å². The molecule has 0 aliphatic heterocycles. The Bertz CT molecular complexity index is 732. The Morgan fingerprint density at radius 1 is 1.04 bits per heavy atom. The number of carbonyl (C=O) groups excluding carboxylic acids is 2. The van der Waals surface area contributed by atoms with Crippen molar-refractivity contribution in [1.82, 2.24) is 10.2 Å². The number of nitrogens with one attached hydrogen (secondary N) is 1. The van der Waals surface area contributed by atoms with Gasteiger partial charge in [-0.15, -0.1) is 0 Å². The molecule has 0 spiro atoms. The molecule has 0 aromatic heterocycles. The number of hydrogen-bond acceptors (Lipinski definition) is 2. The van der Waals surface area contributed by atoms with Gasteiger partial charge in [-0.2, -0.15) is 0 Å². The van der Waals surface area contributed by atoms with E-state index in [4.69, 9.17) is 0 Å². The summed E-state index contributed by atoms with van der Waals surface area (Å²) in [5.41, 5.74) is 1.19. The van der Waals surface area contributed by atoms with E-state index in [9.17, 15) is 18.4 Å². The molecular formula is C19H20F2N2O2. The van der Waals surface area contributed by atoms with Crippen LogP contribution in [0.2, 0.25) is 0 Å². The monoisotopic (exact) mass is 346 g/mol. The molecule has 0 saturated carbocycles. The molecule has 2 rings (SSSR count). The summed E-state index contributed by atoms with van der Waals surface area (Å²) in [6, 6.07) is 12.1. The lowest BCUT2D eigenvalue weighted by Gasteiger charge is -2.21. The summed E-state index contributed by atoms with van der Waals surface area (Å²) in [7, 11) is 0. The molecule has 132 valence electrons. The third-order valence-electron chi connectivity index (χ3n) is 3.78. The number of benzene rings is 2. The minimum absolute atomic E-state index is 0.106. The first kappa shape index (κ1) is 18.6. The van der Waals surface area contributed by atoms with Crippen LogP contribution in [0.15, 0.2) is 48.5 Å². The van der Waals surface area contributed by atoms with Crippen molar-refractivity contribution in [2.75, 3.05) is 6.54 Å². The van der Waals surface area contributed by atoms with Crippen molar-refractivity contribution in [3.05, 3.63) is 71.3 Å². The Morgan fingerprint density at radius 2 is 1.72 bits per heavy atom. The van der Waals surface area contributed by atoms with Crippen molar-refractivity contribution >= 4 is 11.8 Å². The van der Waals surface area contributed by atoms with Crippen LogP contribution >= 0.6 is 0 Å². The maximum Gasteiger partial charge on any atom is 0.222 e. The van der Waals surface area contributed by atoms with Crippen molar-refractivity contribution in [3.63, 3.8) is 0 Å². The van der Waals surface area contributed by atoms with Crippen LogP contribution in [0.1, 0.15) is 24.5 Å². The normalized spacial score (nSPS) is 10.4. The Kier molecular flexibility index (Phi) is 6.62. The Hall–Kier alpha value is -2.76. The highest BCUT2D eigenvalue weighted by Crippen LogP contribution is 2.10. The van der Waals surface area contributed by atoms with Gasteiger partial charge in [0.25, 0.3) is 0 Å². The van der Waals surface area contributed by atoms with Gasteiger partial charge in [0, 0.05) is 38.5 Å².